The van der Waals surface area contributed by atoms with Crippen LogP contribution < -0.4 is 10.0 Å². The van der Waals surface area contributed by atoms with E-state index in [1.165, 1.54) is 12.1 Å². The first-order valence-electron chi connectivity index (χ1n) is 11.1. The first-order chi connectivity index (χ1) is 14.7. The average molecular weight is 451 g/mol. The Morgan fingerprint density at radius 1 is 1.03 bits per heavy atom. The quantitative estimate of drug-likeness (QED) is 0.621. The summed E-state index contributed by atoms with van der Waals surface area (Å²) in [6.45, 7) is 3.97. The lowest BCUT2D eigenvalue weighted by Gasteiger charge is -2.23. The van der Waals surface area contributed by atoms with Gasteiger partial charge in [-0.15, -0.1) is 0 Å². The average Bonchev–Trinajstić information content (AvgIpc) is 2.74. The van der Waals surface area contributed by atoms with E-state index in [4.69, 9.17) is 0 Å². The van der Waals surface area contributed by atoms with Gasteiger partial charge in [-0.1, -0.05) is 64.2 Å². The van der Waals surface area contributed by atoms with Crippen molar-refractivity contribution in [2.75, 3.05) is 6.54 Å². The summed E-state index contributed by atoms with van der Waals surface area (Å²) in [5.74, 6) is -2.63. The molecule has 1 heterocycles. The third-order valence-corrected chi connectivity index (χ3v) is 7.11. The summed E-state index contributed by atoms with van der Waals surface area (Å²) in [6.07, 6.45) is 6.03. The Bertz CT molecular complexity index is 852. The van der Waals surface area contributed by atoms with Crippen molar-refractivity contribution in [3.05, 3.63) is 30.3 Å². The van der Waals surface area contributed by atoms with E-state index in [1.54, 1.807) is 32.0 Å². The topological polar surface area (TPSA) is 109 Å². The second kappa shape index (κ2) is 12.1. The van der Waals surface area contributed by atoms with E-state index < -0.39 is 33.7 Å². The van der Waals surface area contributed by atoms with Crippen molar-refractivity contribution in [1.29, 1.82) is 0 Å². The third-order valence-electron chi connectivity index (χ3n) is 5.66. The van der Waals surface area contributed by atoms with Crippen molar-refractivity contribution in [3.63, 3.8) is 0 Å². The van der Waals surface area contributed by atoms with Gasteiger partial charge in [0.15, 0.2) is 5.78 Å². The molecule has 1 fully saturated rings. The number of rotatable bonds is 7. The molecule has 2 unspecified atom stereocenters. The van der Waals surface area contributed by atoms with E-state index in [0.717, 1.165) is 38.5 Å². The van der Waals surface area contributed by atoms with Crippen LogP contribution in [0.5, 0.6) is 0 Å². The molecular weight excluding hydrogens is 416 g/mol. The lowest BCUT2D eigenvalue weighted by atomic mass is 9.87. The first kappa shape index (κ1) is 25.2. The molecule has 1 aliphatic heterocycles. The number of carbonyl (C=O) groups excluding carboxylic acids is 3. The minimum atomic E-state index is -3.88. The summed E-state index contributed by atoms with van der Waals surface area (Å²) in [5, 5.41) is 2.65. The summed E-state index contributed by atoms with van der Waals surface area (Å²) in [6, 6.07) is 6.90. The molecule has 1 aliphatic rings. The number of sulfonamides is 1. The zero-order valence-electron chi connectivity index (χ0n) is 18.4. The van der Waals surface area contributed by atoms with Crippen LogP contribution >= 0.6 is 0 Å². The van der Waals surface area contributed by atoms with Crippen molar-refractivity contribution in [2.24, 2.45) is 11.8 Å². The van der Waals surface area contributed by atoms with Crippen LogP contribution in [0.15, 0.2) is 35.2 Å². The summed E-state index contributed by atoms with van der Waals surface area (Å²) in [5.41, 5.74) is 0. The van der Waals surface area contributed by atoms with E-state index >= 15 is 0 Å². The van der Waals surface area contributed by atoms with Crippen LogP contribution in [0.4, 0.5) is 0 Å². The largest absolute Gasteiger partial charge is 0.349 e. The number of nitrogens with one attached hydrogen (secondary N) is 2. The number of ketones is 2. The van der Waals surface area contributed by atoms with Crippen molar-refractivity contribution in [3.8, 4) is 0 Å². The van der Waals surface area contributed by atoms with Crippen molar-refractivity contribution >= 4 is 27.5 Å². The van der Waals surface area contributed by atoms with Crippen molar-refractivity contribution in [1.82, 2.24) is 10.0 Å². The molecule has 0 spiro atoms. The molecule has 2 N–H and O–H groups in total. The van der Waals surface area contributed by atoms with Gasteiger partial charge in [0.25, 0.3) is 5.91 Å². The van der Waals surface area contributed by atoms with Gasteiger partial charge in [-0.2, -0.15) is 0 Å². The maximum atomic E-state index is 13.1. The van der Waals surface area contributed by atoms with Gasteiger partial charge in [0.2, 0.25) is 15.8 Å². The zero-order chi connectivity index (χ0) is 22.9. The van der Waals surface area contributed by atoms with Crippen molar-refractivity contribution < 1.29 is 22.8 Å². The fraction of sp³-hybridized carbons (Fsp3) is 0.609. The zero-order valence-corrected chi connectivity index (χ0v) is 19.2. The molecule has 0 bridgehead atoms. The maximum Gasteiger partial charge on any atom is 0.287 e. The number of hydrogen-bond donors (Lipinski definition) is 2. The molecular formula is C23H34N2O5S. The molecule has 7 nitrogen and oxygen atoms in total. The highest BCUT2D eigenvalue weighted by Crippen LogP contribution is 2.21. The van der Waals surface area contributed by atoms with E-state index in [1.807, 2.05) is 0 Å². The van der Waals surface area contributed by atoms with Gasteiger partial charge in [0.05, 0.1) is 10.9 Å². The molecule has 0 radical (unpaired) electrons. The second-order valence-corrected chi connectivity index (χ2v) is 10.3. The smallest absolute Gasteiger partial charge is 0.287 e. The standard InChI is InChI=1S/C23H34N2O5S/c1-17(2)21(25-31(29,30)19-13-9-7-10-14-19)20(26)16-18-12-8-5-3-4-6-11-15-24-23(28)22(18)27/h7,9-10,13-14,17-18,21,25H,3-6,8,11-12,15-16H2,1-2H3,(H,24,28). The molecule has 0 saturated carbocycles. The molecule has 1 saturated heterocycles. The minimum absolute atomic E-state index is 0.0786. The van der Waals surface area contributed by atoms with Crippen LogP contribution in [0, 0.1) is 11.8 Å². The minimum Gasteiger partial charge on any atom is -0.349 e. The normalized spacial score (nSPS) is 20.4. The Balaban J connectivity index is 2.14. The molecule has 172 valence electrons. The Labute approximate surface area is 185 Å². The van der Waals surface area contributed by atoms with Gasteiger partial charge in [-0.05, 0) is 30.9 Å². The van der Waals surface area contributed by atoms with Gasteiger partial charge in [-0.25, -0.2) is 13.1 Å². The lowest BCUT2D eigenvalue weighted by molar-refractivity contribution is -0.141. The van der Waals surface area contributed by atoms with E-state index in [2.05, 4.69) is 10.0 Å². The molecule has 1 aromatic carbocycles. The summed E-state index contributed by atoms with van der Waals surface area (Å²) >= 11 is 0. The number of carbonyl (C=O) groups is 3. The van der Waals surface area contributed by atoms with Gasteiger partial charge >= 0.3 is 0 Å². The van der Waals surface area contributed by atoms with Crippen LogP contribution in [-0.4, -0.2) is 38.5 Å². The third kappa shape index (κ3) is 7.85. The Morgan fingerprint density at radius 2 is 1.65 bits per heavy atom. The first-order valence-corrected chi connectivity index (χ1v) is 12.6. The van der Waals surface area contributed by atoms with Crippen LogP contribution in [0.25, 0.3) is 0 Å². The van der Waals surface area contributed by atoms with Crippen LogP contribution in [-0.2, 0) is 24.4 Å². The Hall–Kier alpha value is -2.06. The predicted octanol–water partition coefficient (Wildman–Crippen LogP) is 2.99. The molecule has 2 rings (SSSR count). The maximum absolute atomic E-state index is 13.1. The molecule has 8 heteroatoms. The highest BCUT2D eigenvalue weighted by molar-refractivity contribution is 7.89. The van der Waals surface area contributed by atoms with Gasteiger partial charge < -0.3 is 5.32 Å². The molecule has 0 aliphatic carbocycles. The second-order valence-electron chi connectivity index (χ2n) is 8.55. The van der Waals surface area contributed by atoms with Crippen LogP contribution in [0.3, 0.4) is 0 Å². The van der Waals surface area contributed by atoms with E-state index in [-0.39, 0.29) is 23.0 Å². The Kier molecular flexibility index (Phi) is 9.84. The van der Waals surface area contributed by atoms with E-state index in [9.17, 15) is 22.8 Å². The molecule has 0 aromatic heterocycles. The Morgan fingerprint density at radius 3 is 2.29 bits per heavy atom. The highest BCUT2D eigenvalue weighted by Gasteiger charge is 2.33. The SMILES string of the molecule is CC(C)C(NS(=O)(=O)c1ccccc1)C(=O)CC1CCCCCCCCNC(=O)C1=O. The fourth-order valence-electron chi connectivity index (χ4n) is 3.80. The fourth-order valence-corrected chi connectivity index (χ4v) is 5.19. The lowest BCUT2D eigenvalue weighted by Crippen LogP contribution is -2.46. The predicted molar refractivity (Wildman–Crippen MR) is 119 cm³/mol. The molecule has 31 heavy (non-hydrogen) atoms. The summed E-state index contributed by atoms with van der Waals surface area (Å²) < 4.78 is 27.9. The molecule has 1 aromatic rings. The number of Topliss-reactive ketones (excluding diaryl/α,β-unsaturated/α-hetero) is 2. The number of amides is 1. The summed E-state index contributed by atoms with van der Waals surface area (Å²) in [7, 11) is -3.88. The summed E-state index contributed by atoms with van der Waals surface area (Å²) in [4.78, 5) is 38.1. The van der Waals surface area contributed by atoms with Crippen LogP contribution in [0.2, 0.25) is 0 Å². The molecule has 2 atom stereocenters. The van der Waals surface area contributed by atoms with Gasteiger partial charge in [-0.3, -0.25) is 14.4 Å². The number of hydrogen-bond acceptors (Lipinski definition) is 5. The monoisotopic (exact) mass is 450 g/mol. The van der Waals surface area contributed by atoms with Gasteiger partial charge in [0, 0.05) is 18.9 Å². The van der Waals surface area contributed by atoms with Crippen LogP contribution in [0.1, 0.15) is 65.2 Å². The number of benzene rings is 1. The highest BCUT2D eigenvalue weighted by atomic mass is 32.2. The van der Waals surface area contributed by atoms with Crippen molar-refractivity contribution in [2.45, 2.75) is 76.2 Å². The molecule has 1 amide bonds. The van der Waals surface area contributed by atoms with E-state index in [0.29, 0.717) is 13.0 Å². The van der Waals surface area contributed by atoms with Gasteiger partial charge in [0.1, 0.15) is 0 Å².